The van der Waals surface area contributed by atoms with Crippen LogP contribution in [0.1, 0.15) is 37.6 Å². The molecular formula is C26H30N4OS. The molecule has 0 unspecified atom stereocenters. The van der Waals surface area contributed by atoms with Crippen molar-refractivity contribution >= 4 is 33.6 Å². The second-order valence-corrected chi connectivity index (χ2v) is 8.79. The first-order valence-electron chi connectivity index (χ1n) is 11.2. The molecule has 2 aromatic heterocycles. The van der Waals surface area contributed by atoms with Gasteiger partial charge < -0.3 is 10.2 Å². The number of nitrogens with zero attached hydrogens (tertiary/aromatic N) is 3. The maximum Gasteiger partial charge on any atom is 0.230 e. The molecule has 0 saturated carbocycles. The van der Waals surface area contributed by atoms with Gasteiger partial charge in [-0.3, -0.25) is 9.20 Å². The molecule has 1 amide bonds. The van der Waals surface area contributed by atoms with Gasteiger partial charge in [0.05, 0.1) is 12.1 Å². The minimum absolute atomic E-state index is 0.0223. The van der Waals surface area contributed by atoms with Gasteiger partial charge in [-0.2, -0.15) is 0 Å². The van der Waals surface area contributed by atoms with Crippen LogP contribution in [-0.4, -0.2) is 28.4 Å². The number of carbonyl (C=O) groups excluding carboxylic acids is 1. The van der Waals surface area contributed by atoms with Gasteiger partial charge in [-0.15, -0.1) is 11.3 Å². The third-order valence-electron chi connectivity index (χ3n) is 5.90. The Bertz CT molecular complexity index is 1220. The topological polar surface area (TPSA) is 49.6 Å². The first-order chi connectivity index (χ1) is 15.5. The Morgan fingerprint density at radius 3 is 2.50 bits per heavy atom. The summed E-state index contributed by atoms with van der Waals surface area (Å²) in [6, 6.07) is 14.7. The van der Waals surface area contributed by atoms with E-state index in [9.17, 15) is 4.79 Å². The zero-order valence-electron chi connectivity index (χ0n) is 19.2. The lowest BCUT2D eigenvalue weighted by atomic mass is 10.1. The Hall–Kier alpha value is -3.12. The van der Waals surface area contributed by atoms with Gasteiger partial charge in [0, 0.05) is 47.3 Å². The molecule has 32 heavy (non-hydrogen) atoms. The lowest BCUT2D eigenvalue weighted by Crippen LogP contribution is -2.22. The van der Waals surface area contributed by atoms with Crippen molar-refractivity contribution in [3.63, 3.8) is 0 Å². The van der Waals surface area contributed by atoms with Gasteiger partial charge in [-0.05, 0) is 56.5 Å². The van der Waals surface area contributed by atoms with E-state index in [4.69, 9.17) is 4.98 Å². The molecule has 0 aliphatic carbocycles. The second-order valence-electron chi connectivity index (χ2n) is 7.95. The van der Waals surface area contributed by atoms with Gasteiger partial charge in [-0.25, -0.2) is 4.98 Å². The van der Waals surface area contributed by atoms with Gasteiger partial charge in [0.1, 0.15) is 0 Å². The van der Waals surface area contributed by atoms with Crippen LogP contribution in [0.25, 0.3) is 16.2 Å². The van der Waals surface area contributed by atoms with E-state index in [0.29, 0.717) is 6.42 Å². The van der Waals surface area contributed by atoms with E-state index in [2.05, 4.69) is 67.4 Å². The number of imidazole rings is 1. The largest absolute Gasteiger partial charge is 0.372 e. The monoisotopic (exact) mass is 446 g/mol. The molecule has 0 saturated heterocycles. The Kier molecular flexibility index (Phi) is 6.61. The number of hydrogen-bond acceptors (Lipinski definition) is 4. The first kappa shape index (κ1) is 22.1. The van der Waals surface area contributed by atoms with E-state index < -0.39 is 0 Å². The van der Waals surface area contributed by atoms with Crippen molar-refractivity contribution in [1.82, 2.24) is 9.38 Å². The van der Waals surface area contributed by atoms with Crippen LogP contribution in [0, 0.1) is 6.92 Å². The molecule has 5 nitrogen and oxygen atoms in total. The van der Waals surface area contributed by atoms with Gasteiger partial charge >= 0.3 is 0 Å². The van der Waals surface area contributed by atoms with Gasteiger partial charge in [0.2, 0.25) is 5.91 Å². The highest BCUT2D eigenvalue weighted by Crippen LogP contribution is 2.26. The van der Waals surface area contributed by atoms with Crippen LogP contribution in [0.4, 0.5) is 11.4 Å². The summed E-state index contributed by atoms with van der Waals surface area (Å²) in [7, 11) is 0. The van der Waals surface area contributed by atoms with Crippen LogP contribution in [0.3, 0.4) is 0 Å². The lowest BCUT2D eigenvalue weighted by molar-refractivity contribution is -0.115. The zero-order valence-corrected chi connectivity index (χ0v) is 20.0. The second kappa shape index (κ2) is 9.57. The SMILES string of the molecule is CCc1ccc(-c2cn3c(CC(=O)Nc4ccc(N(CC)CC)cc4C)csc3n2)cc1. The highest BCUT2D eigenvalue weighted by molar-refractivity contribution is 7.15. The molecule has 4 aromatic rings. The number of fused-ring (bicyclic) bond motifs is 1. The fourth-order valence-electron chi connectivity index (χ4n) is 3.94. The number of thiazole rings is 1. The van der Waals surface area contributed by atoms with Crippen LogP contribution in [-0.2, 0) is 17.6 Å². The summed E-state index contributed by atoms with van der Waals surface area (Å²) in [6.45, 7) is 10.4. The molecule has 0 aliphatic rings. The van der Waals surface area contributed by atoms with Crippen molar-refractivity contribution in [3.8, 4) is 11.3 Å². The fourth-order valence-corrected chi connectivity index (χ4v) is 4.81. The molecule has 0 atom stereocenters. The third kappa shape index (κ3) is 4.55. The van der Waals surface area contributed by atoms with Crippen LogP contribution in [0.5, 0.6) is 0 Å². The van der Waals surface area contributed by atoms with Crippen molar-refractivity contribution in [2.24, 2.45) is 0 Å². The zero-order chi connectivity index (χ0) is 22.7. The van der Waals surface area contributed by atoms with Crippen molar-refractivity contribution in [1.29, 1.82) is 0 Å². The van der Waals surface area contributed by atoms with Gasteiger partial charge in [0.25, 0.3) is 0 Å². The Morgan fingerprint density at radius 1 is 1.09 bits per heavy atom. The smallest absolute Gasteiger partial charge is 0.230 e. The van der Waals surface area contributed by atoms with Gasteiger partial charge in [-0.1, -0.05) is 31.2 Å². The number of aryl methyl sites for hydroxylation is 2. The number of carbonyl (C=O) groups is 1. The molecule has 0 spiro atoms. The van der Waals surface area contributed by atoms with E-state index in [1.54, 1.807) is 11.3 Å². The predicted octanol–water partition coefficient (Wildman–Crippen LogP) is 5.96. The summed E-state index contributed by atoms with van der Waals surface area (Å²) in [4.78, 5) is 20.8. The summed E-state index contributed by atoms with van der Waals surface area (Å²) in [5, 5.41) is 5.10. The Balaban J connectivity index is 1.48. The maximum absolute atomic E-state index is 12.8. The number of rotatable bonds is 8. The number of benzene rings is 2. The molecule has 2 aromatic carbocycles. The maximum atomic E-state index is 12.8. The number of anilines is 2. The van der Waals surface area contributed by atoms with E-state index in [0.717, 1.165) is 52.7 Å². The average Bonchev–Trinajstić information content (AvgIpc) is 3.38. The average molecular weight is 447 g/mol. The van der Waals surface area contributed by atoms with Crippen molar-refractivity contribution in [3.05, 3.63) is 70.9 Å². The quantitative estimate of drug-likeness (QED) is 0.363. The molecule has 0 bridgehead atoms. The molecule has 2 heterocycles. The van der Waals surface area contributed by atoms with Crippen LogP contribution < -0.4 is 10.2 Å². The molecule has 0 fully saturated rings. The molecule has 0 aliphatic heterocycles. The van der Waals surface area contributed by atoms with Crippen molar-refractivity contribution in [2.75, 3.05) is 23.3 Å². The Morgan fingerprint density at radius 2 is 1.84 bits per heavy atom. The fraction of sp³-hybridized carbons (Fsp3) is 0.308. The number of hydrogen-bond donors (Lipinski definition) is 1. The summed E-state index contributed by atoms with van der Waals surface area (Å²) in [6.07, 6.45) is 3.36. The number of aromatic nitrogens is 2. The minimum Gasteiger partial charge on any atom is -0.372 e. The molecular weight excluding hydrogens is 416 g/mol. The summed E-state index contributed by atoms with van der Waals surface area (Å²) in [5.74, 6) is -0.0223. The van der Waals surface area contributed by atoms with Crippen LogP contribution in [0.15, 0.2) is 54.0 Å². The highest BCUT2D eigenvalue weighted by Gasteiger charge is 2.14. The summed E-state index contributed by atoms with van der Waals surface area (Å²) in [5.41, 5.74) is 7.40. The van der Waals surface area contributed by atoms with E-state index in [-0.39, 0.29) is 5.91 Å². The van der Waals surface area contributed by atoms with Crippen molar-refractivity contribution in [2.45, 2.75) is 40.5 Å². The third-order valence-corrected chi connectivity index (χ3v) is 6.78. The molecule has 1 N–H and O–H groups in total. The van der Waals surface area contributed by atoms with Crippen LogP contribution >= 0.6 is 11.3 Å². The highest BCUT2D eigenvalue weighted by atomic mass is 32.1. The van der Waals surface area contributed by atoms with Crippen LogP contribution in [0.2, 0.25) is 0 Å². The normalized spacial score (nSPS) is 11.1. The minimum atomic E-state index is -0.0223. The predicted molar refractivity (Wildman–Crippen MR) is 135 cm³/mol. The number of amides is 1. The summed E-state index contributed by atoms with van der Waals surface area (Å²) >= 11 is 1.56. The molecule has 6 heteroatoms. The molecule has 166 valence electrons. The van der Waals surface area contributed by atoms with E-state index in [1.807, 2.05) is 29.0 Å². The molecule has 4 rings (SSSR count). The standard InChI is InChI=1S/C26H30N4OS/c1-5-19-8-10-20(11-9-19)24-16-30-22(17-32-26(30)28-24)15-25(31)27-23-13-12-21(14-18(23)4)29(6-2)7-3/h8-14,16-17H,5-7,15H2,1-4H3,(H,27,31). The van der Waals surface area contributed by atoms with Crippen molar-refractivity contribution < 1.29 is 4.79 Å². The first-order valence-corrected chi connectivity index (χ1v) is 12.1. The molecule has 0 radical (unpaired) electrons. The van der Waals surface area contributed by atoms with E-state index in [1.165, 1.54) is 11.3 Å². The van der Waals surface area contributed by atoms with E-state index >= 15 is 0 Å². The Labute approximate surface area is 193 Å². The number of nitrogens with one attached hydrogen (secondary N) is 1. The van der Waals surface area contributed by atoms with Gasteiger partial charge in [0.15, 0.2) is 4.96 Å². The lowest BCUT2D eigenvalue weighted by Gasteiger charge is -2.22. The summed E-state index contributed by atoms with van der Waals surface area (Å²) < 4.78 is 2.03.